The molecule has 3 aromatic rings. The highest BCUT2D eigenvalue weighted by Gasteiger charge is 2.46. The lowest BCUT2D eigenvalue weighted by Crippen LogP contribution is -2.29. The highest BCUT2D eigenvalue weighted by atomic mass is 32.2. The summed E-state index contributed by atoms with van der Waals surface area (Å²) in [5.74, 6) is -0.877. The van der Waals surface area contributed by atoms with Crippen LogP contribution >= 0.6 is 0 Å². The first-order valence-electron chi connectivity index (χ1n) is 9.35. The summed E-state index contributed by atoms with van der Waals surface area (Å²) < 4.78 is 94.2. The molecule has 0 aromatic heterocycles. The van der Waals surface area contributed by atoms with Gasteiger partial charge < -0.3 is 4.74 Å². The minimum Gasteiger partial charge on any atom is -0.376 e. The number of halogens is 5. The first-order chi connectivity index (χ1) is 15.0. The fraction of sp³-hybridized carbons (Fsp3) is 0.182. The molecule has 0 aliphatic heterocycles. The molecular formula is C22H18F5NO3S. The highest BCUT2D eigenvalue weighted by molar-refractivity contribution is 7.93. The number of alkyl halides is 3. The summed E-state index contributed by atoms with van der Waals surface area (Å²) in [5.41, 5.74) is -3.53. The summed E-state index contributed by atoms with van der Waals surface area (Å²) in [6.45, 7) is 0.102. The van der Waals surface area contributed by atoms with Crippen molar-refractivity contribution < 1.29 is 35.1 Å². The number of sulfonamides is 1. The third-order valence-corrected chi connectivity index (χ3v) is 5.62. The maximum absolute atomic E-state index is 14.4. The predicted molar refractivity (Wildman–Crippen MR) is 110 cm³/mol. The van der Waals surface area contributed by atoms with Crippen molar-refractivity contribution >= 4 is 15.7 Å². The number of anilines is 1. The van der Waals surface area contributed by atoms with E-state index in [1.165, 1.54) is 41.1 Å². The molecule has 1 N–H and O–H groups in total. The molecule has 0 amide bonds. The Hall–Kier alpha value is -2.98. The number of nitrogens with one attached hydrogen (secondary N) is 1. The van der Waals surface area contributed by atoms with Crippen LogP contribution in [0.5, 0.6) is 0 Å². The van der Waals surface area contributed by atoms with Gasteiger partial charge in [0, 0.05) is 11.3 Å². The summed E-state index contributed by atoms with van der Waals surface area (Å²) in [6, 6.07) is 15.7. The summed E-state index contributed by atoms with van der Waals surface area (Å²) in [6.07, 6.45) is 0.275. The quantitative estimate of drug-likeness (QED) is 0.341. The average Bonchev–Trinajstić information content (AvgIpc) is 2.72. The molecule has 0 unspecified atom stereocenters. The van der Waals surface area contributed by atoms with Crippen molar-refractivity contribution in [2.75, 3.05) is 11.3 Å². The Kier molecular flexibility index (Phi) is 7.15. The second-order valence-electron chi connectivity index (χ2n) is 6.87. The molecule has 0 radical (unpaired) electrons. The second kappa shape index (κ2) is 9.66. The van der Waals surface area contributed by atoms with Gasteiger partial charge in [0.2, 0.25) is 0 Å². The molecule has 32 heavy (non-hydrogen) atoms. The highest BCUT2D eigenvalue weighted by Crippen LogP contribution is 2.26. The van der Waals surface area contributed by atoms with Gasteiger partial charge in [-0.15, -0.1) is 0 Å². The van der Waals surface area contributed by atoms with Crippen LogP contribution in [0.4, 0.5) is 27.6 Å². The third kappa shape index (κ3) is 6.04. The monoisotopic (exact) mass is 471 g/mol. The van der Waals surface area contributed by atoms with Gasteiger partial charge in [-0.3, -0.25) is 4.72 Å². The summed E-state index contributed by atoms with van der Waals surface area (Å²) in [7, 11) is -5.50. The van der Waals surface area contributed by atoms with E-state index < -0.39 is 21.3 Å². The van der Waals surface area contributed by atoms with E-state index in [0.29, 0.717) is 22.3 Å². The van der Waals surface area contributed by atoms with Crippen molar-refractivity contribution in [1.82, 2.24) is 0 Å². The molecule has 0 fully saturated rings. The van der Waals surface area contributed by atoms with Crippen LogP contribution in [0.3, 0.4) is 0 Å². The second-order valence-corrected chi connectivity index (χ2v) is 8.54. The summed E-state index contributed by atoms with van der Waals surface area (Å²) >= 11 is 0. The van der Waals surface area contributed by atoms with Gasteiger partial charge in [0.25, 0.3) is 0 Å². The lowest BCUT2D eigenvalue weighted by molar-refractivity contribution is -0.0429. The smallest absolute Gasteiger partial charge is 0.376 e. The fourth-order valence-corrected chi connectivity index (χ4v) is 3.41. The van der Waals surface area contributed by atoms with E-state index in [1.807, 2.05) is 0 Å². The van der Waals surface area contributed by atoms with Gasteiger partial charge >= 0.3 is 15.5 Å². The van der Waals surface area contributed by atoms with Crippen LogP contribution in [0.2, 0.25) is 0 Å². The maximum Gasteiger partial charge on any atom is 0.516 e. The van der Waals surface area contributed by atoms with Crippen LogP contribution in [0.25, 0.3) is 11.1 Å². The number of benzene rings is 3. The van der Waals surface area contributed by atoms with Crippen molar-refractivity contribution in [2.45, 2.75) is 18.5 Å². The van der Waals surface area contributed by atoms with Gasteiger partial charge in [0.05, 0.1) is 13.2 Å². The van der Waals surface area contributed by atoms with Crippen molar-refractivity contribution in [1.29, 1.82) is 0 Å². The molecule has 4 nitrogen and oxygen atoms in total. The Bertz CT molecular complexity index is 1180. The summed E-state index contributed by atoms with van der Waals surface area (Å²) in [5, 5.41) is 0. The largest absolute Gasteiger partial charge is 0.516 e. The van der Waals surface area contributed by atoms with Crippen LogP contribution in [-0.2, 0) is 27.8 Å². The van der Waals surface area contributed by atoms with Crippen molar-refractivity contribution in [2.24, 2.45) is 0 Å². The molecule has 0 aliphatic carbocycles. The Morgan fingerprint density at radius 2 is 1.56 bits per heavy atom. The molecule has 0 atom stereocenters. The minimum atomic E-state index is -5.50. The van der Waals surface area contributed by atoms with Crippen molar-refractivity contribution in [3.63, 3.8) is 0 Å². The normalized spacial score (nSPS) is 12.0. The molecule has 0 aliphatic rings. The number of hydrogen-bond acceptors (Lipinski definition) is 3. The summed E-state index contributed by atoms with van der Waals surface area (Å²) in [4.78, 5) is 0. The molecule has 3 aromatic carbocycles. The predicted octanol–water partition coefficient (Wildman–Crippen LogP) is 5.65. The maximum atomic E-state index is 14.4. The first kappa shape index (κ1) is 23.7. The van der Waals surface area contributed by atoms with Gasteiger partial charge in [0.15, 0.2) is 0 Å². The van der Waals surface area contributed by atoms with Crippen LogP contribution in [-0.4, -0.2) is 20.5 Å². The number of rotatable bonds is 8. The van der Waals surface area contributed by atoms with E-state index in [9.17, 15) is 30.4 Å². The van der Waals surface area contributed by atoms with E-state index in [1.54, 1.807) is 30.3 Å². The van der Waals surface area contributed by atoms with Crippen LogP contribution < -0.4 is 4.72 Å². The molecule has 0 saturated heterocycles. The van der Waals surface area contributed by atoms with E-state index in [-0.39, 0.29) is 31.1 Å². The van der Waals surface area contributed by atoms with Crippen LogP contribution in [0, 0.1) is 11.6 Å². The topological polar surface area (TPSA) is 55.4 Å². The van der Waals surface area contributed by atoms with Gasteiger partial charge in [-0.1, -0.05) is 36.4 Å². The van der Waals surface area contributed by atoms with E-state index in [0.717, 1.165) is 0 Å². The SMILES string of the molecule is O=S(=O)(Nc1cccc(CCOCc2ccc(-c3ccc(F)cc3)cc2F)c1)C(F)(F)F. The first-order valence-corrected chi connectivity index (χ1v) is 10.8. The molecule has 3 rings (SSSR count). The Balaban J connectivity index is 1.55. The lowest BCUT2D eigenvalue weighted by Gasteiger charge is -2.12. The van der Waals surface area contributed by atoms with E-state index >= 15 is 0 Å². The van der Waals surface area contributed by atoms with Gasteiger partial charge in [-0.05, 0) is 53.4 Å². The number of ether oxygens (including phenoxy) is 1. The molecule has 0 bridgehead atoms. The molecule has 10 heteroatoms. The third-order valence-electron chi connectivity index (χ3n) is 4.51. The van der Waals surface area contributed by atoms with Crippen molar-refractivity contribution in [3.05, 3.63) is 89.5 Å². The molecule has 0 heterocycles. The zero-order valence-electron chi connectivity index (χ0n) is 16.5. The van der Waals surface area contributed by atoms with Gasteiger partial charge in [0.1, 0.15) is 11.6 Å². The molecule has 0 saturated carbocycles. The molecule has 170 valence electrons. The minimum absolute atomic E-state index is 0.0318. The van der Waals surface area contributed by atoms with E-state index in [2.05, 4.69) is 0 Å². The Morgan fingerprint density at radius 1 is 0.875 bits per heavy atom. The molecular weight excluding hydrogens is 453 g/mol. The van der Waals surface area contributed by atoms with Crippen molar-refractivity contribution in [3.8, 4) is 11.1 Å². The number of hydrogen-bond donors (Lipinski definition) is 1. The van der Waals surface area contributed by atoms with Gasteiger partial charge in [-0.25, -0.2) is 8.78 Å². The van der Waals surface area contributed by atoms with Gasteiger partial charge in [-0.2, -0.15) is 21.6 Å². The van der Waals surface area contributed by atoms with Crippen LogP contribution in [0.15, 0.2) is 66.7 Å². The zero-order chi connectivity index (χ0) is 23.4. The standard InChI is InChI=1S/C22H18F5NO3S/c23-19-8-6-16(7-9-19)17-4-5-18(21(24)13-17)14-31-11-10-15-2-1-3-20(12-15)28-32(29,30)22(25,26)27/h1-9,12-13,28H,10-11,14H2. The Labute approximate surface area is 181 Å². The fourth-order valence-electron chi connectivity index (χ4n) is 2.86. The lowest BCUT2D eigenvalue weighted by atomic mass is 10.0. The molecule has 0 spiro atoms. The average molecular weight is 471 g/mol. The van der Waals surface area contributed by atoms with E-state index in [4.69, 9.17) is 4.74 Å². The Morgan fingerprint density at radius 3 is 2.22 bits per heavy atom. The van der Waals surface area contributed by atoms with Crippen LogP contribution in [0.1, 0.15) is 11.1 Å². The zero-order valence-corrected chi connectivity index (χ0v) is 17.3.